The van der Waals surface area contributed by atoms with Crippen LogP contribution in [0, 0.1) is 23.0 Å². The highest BCUT2D eigenvalue weighted by Crippen LogP contribution is 2.29. The molecule has 1 saturated carbocycles. The number of rotatable bonds is 4. The standard InChI is InChI=1S/C12H15N3O4/c1-7-4-10(15(18)19)6-13-11(7)14-9-3-2-8(5-9)12(16)17/h4,6,8-9H,2-3,5H2,1H3,(H,13,14)(H,16,17). The highest BCUT2D eigenvalue weighted by Gasteiger charge is 2.30. The molecule has 2 rings (SSSR count). The average molecular weight is 265 g/mol. The van der Waals surface area contributed by atoms with Crippen LogP contribution in [0.15, 0.2) is 12.3 Å². The maximum atomic E-state index is 10.9. The molecule has 7 nitrogen and oxygen atoms in total. The highest BCUT2D eigenvalue weighted by atomic mass is 16.6. The number of nitro groups is 1. The summed E-state index contributed by atoms with van der Waals surface area (Å²) in [5.74, 6) is -0.491. The zero-order valence-corrected chi connectivity index (χ0v) is 10.5. The summed E-state index contributed by atoms with van der Waals surface area (Å²) < 4.78 is 0. The van der Waals surface area contributed by atoms with Crippen molar-refractivity contribution in [2.75, 3.05) is 5.32 Å². The topological polar surface area (TPSA) is 105 Å². The number of carboxylic acid groups (broad SMARTS) is 1. The van der Waals surface area contributed by atoms with Gasteiger partial charge in [-0.2, -0.15) is 0 Å². The van der Waals surface area contributed by atoms with Crippen LogP contribution in [0.25, 0.3) is 0 Å². The Morgan fingerprint density at radius 1 is 1.58 bits per heavy atom. The molecule has 0 saturated heterocycles. The van der Waals surface area contributed by atoms with Crippen molar-refractivity contribution in [1.82, 2.24) is 4.98 Å². The number of nitrogens with zero attached hydrogens (tertiary/aromatic N) is 2. The van der Waals surface area contributed by atoms with Gasteiger partial charge in [-0.3, -0.25) is 14.9 Å². The van der Waals surface area contributed by atoms with E-state index < -0.39 is 10.9 Å². The van der Waals surface area contributed by atoms with E-state index in [0.29, 0.717) is 24.2 Å². The number of pyridine rings is 1. The van der Waals surface area contributed by atoms with Crippen LogP contribution in [-0.2, 0) is 4.79 Å². The maximum absolute atomic E-state index is 10.9. The number of anilines is 1. The molecule has 1 aliphatic rings. The molecule has 1 fully saturated rings. The van der Waals surface area contributed by atoms with Gasteiger partial charge in [0.2, 0.25) is 0 Å². The number of aryl methyl sites for hydroxylation is 1. The molecule has 1 aromatic rings. The van der Waals surface area contributed by atoms with Crippen molar-refractivity contribution in [3.8, 4) is 0 Å². The number of hydrogen-bond acceptors (Lipinski definition) is 5. The molecule has 0 amide bonds. The minimum atomic E-state index is -0.766. The molecule has 1 aromatic heterocycles. The lowest BCUT2D eigenvalue weighted by Crippen LogP contribution is -2.19. The molecule has 2 N–H and O–H groups in total. The third kappa shape index (κ3) is 2.98. The van der Waals surface area contributed by atoms with Crippen LogP contribution in [0.2, 0.25) is 0 Å². The molecular formula is C12H15N3O4. The van der Waals surface area contributed by atoms with E-state index in [1.165, 1.54) is 12.3 Å². The number of carboxylic acids is 1. The van der Waals surface area contributed by atoms with E-state index in [9.17, 15) is 14.9 Å². The minimum Gasteiger partial charge on any atom is -0.481 e. The van der Waals surface area contributed by atoms with Gasteiger partial charge in [0.15, 0.2) is 0 Å². The summed E-state index contributed by atoms with van der Waals surface area (Å²) in [6.07, 6.45) is 3.19. The third-order valence-corrected chi connectivity index (χ3v) is 3.40. The van der Waals surface area contributed by atoms with E-state index in [2.05, 4.69) is 10.3 Å². The van der Waals surface area contributed by atoms with E-state index in [0.717, 1.165) is 6.42 Å². The van der Waals surface area contributed by atoms with Gasteiger partial charge in [0.1, 0.15) is 12.0 Å². The Bertz CT molecular complexity index is 518. The fourth-order valence-electron chi connectivity index (χ4n) is 2.34. The lowest BCUT2D eigenvalue weighted by atomic mass is 10.1. The van der Waals surface area contributed by atoms with Gasteiger partial charge < -0.3 is 10.4 Å². The monoisotopic (exact) mass is 265 g/mol. The number of aromatic nitrogens is 1. The molecule has 2 unspecified atom stereocenters. The lowest BCUT2D eigenvalue weighted by Gasteiger charge is -2.14. The van der Waals surface area contributed by atoms with Crippen LogP contribution < -0.4 is 5.32 Å². The fraction of sp³-hybridized carbons (Fsp3) is 0.500. The van der Waals surface area contributed by atoms with Crippen LogP contribution in [0.3, 0.4) is 0 Å². The smallest absolute Gasteiger partial charge is 0.306 e. The molecule has 0 radical (unpaired) electrons. The Morgan fingerprint density at radius 3 is 2.84 bits per heavy atom. The van der Waals surface area contributed by atoms with E-state index in [1.807, 2.05) is 0 Å². The van der Waals surface area contributed by atoms with E-state index >= 15 is 0 Å². The number of hydrogen-bond donors (Lipinski definition) is 2. The van der Waals surface area contributed by atoms with Crippen LogP contribution in [0.1, 0.15) is 24.8 Å². The van der Waals surface area contributed by atoms with Gasteiger partial charge in [0.25, 0.3) is 5.69 Å². The molecule has 0 spiro atoms. The number of aliphatic carboxylic acids is 1. The molecule has 0 aromatic carbocycles. The van der Waals surface area contributed by atoms with E-state index in [-0.39, 0.29) is 17.6 Å². The SMILES string of the molecule is Cc1cc([N+](=O)[O-])cnc1NC1CCC(C(=O)O)C1. The molecule has 102 valence electrons. The predicted molar refractivity (Wildman–Crippen MR) is 68.0 cm³/mol. The summed E-state index contributed by atoms with van der Waals surface area (Å²) in [5, 5.41) is 22.7. The maximum Gasteiger partial charge on any atom is 0.306 e. The minimum absolute atomic E-state index is 0.0436. The third-order valence-electron chi connectivity index (χ3n) is 3.40. The van der Waals surface area contributed by atoms with Crippen LogP contribution in [-0.4, -0.2) is 27.0 Å². The van der Waals surface area contributed by atoms with Crippen LogP contribution >= 0.6 is 0 Å². The van der Waals surface area contributed by atoms with Crippen molar-refractivity contribution < 1.29 is 14.8 Å². The molecule has 1 aliphatic carbocycles. The van der Waals surface area contributed by atoms with Crippen LogP contribution in [0.4, 0.5) is 11.5 Å². The van der Waals surface area contributed by atoms with Crippen molar-refractivity contribution in [2.24, 2.45) is 5.92 Å². The zero-order valence-electron chi connectivity index (χ0n) is 10.5. The lowest BCUT2D eigenvalue weighted by molar-refractivity contribution is -0.385. The first-order valence-corrected chi connectivity index (χ1v) is 6.07. The number of carbonyl (C=O) groups is 1. The number of nitrogens with one attached hydrogen (secondary N) is 1. The molecule has 19 heavy (non-hydrogen) atoms. The molecule has 1 heterocycles. The largest absolute Gasteiger partial charge is 0.481 e. The van der Waals surface area contributed by atoms with Gasteiger partial charge in [-0.05, 0) is 31.7 Å². The van der Waals surface area contributed by atoms with E-state index in [4.69, 9.17) is 5.11 Å². The molecule has 7 heteroatoms. The average Bonchev–Trinajstić information content (AvgIpc) is 2.80. The zero-order chi connectivity index (χ0) is 14.0. The van der Waals surface area contributed by atoms with E-state index in [1.54, 1.807) is 6.92 Å². The van der Waals surface area contributed by atoms with Crippen molar-refractivity contribution in [1.29, 1.82) is 0 Å². The Morgan fingerprint density at radius 2 is 2.32 bits per heavy atom. The fourth-order valence-corrected chi connectivity index (χ4v) is 2.34. The second-order valence-electron chi connectivity index (χ2n) is 4.81. The van der Waals surface area contributed by atoms with Gasteiger partial charge in [-0.1, -0.05) is 0 Å². The molecule has 0 bridgehead atoms. The molecule has 0 aliphatic heterocycles. The highest BCUT2D eigenvalue weighted by molar-refractivity contribution is 5.70. The Kier molecular flexibility index (Phi) is 3.64. The molecule has 2 atom stereocenters. The second kappa shape index (κ2) is 5.21. The summed E-state index contributed by atoms with van der Waals surface area (Å²) >= 11 is 0. The summed E-state index contributed by atoms with van der Waals surface area (Å²) in [4.78, 5) is 25.0. The normalized spacial score (nSPS) is 22.2. The Labute approximate surface area is 109 Å². The van der Waals surface area contributed by atoms with Crippen molar-refractivity contribution in [2.45, 2.75) is 32.2 Å². The summed E-state index contributed by atoms with van der Waals surface area (Å²) in [6, 6.07) is 1.52. The Balaban J connectivity index is 2.04. The Hall–Kier alpha value is -2.18. The van der Waals surface area contributed by atoms with Crippen molar-refractivity contribution >= 4 is 17.5 Å². The van der Waals surface area contributed by atoms with Crippen LogP contribution in [0.5, 0.6) is 0 Å². The molecular weight excluding hydrogens is 250 g/mol. The predicted octanol–water partition coefficient (Wildman–Crippen LogP) is 1.96. The van der Waals surface area contributed by atoms with Gasteiger partial charge in [0, 0.05) is 12.1 Å². The first-order chi connectivity index (χ1) is 8.97. The summed E-state index contributed by atoms with van der Waals surface area (Å²) in [5.41, 5.74) is 0.644. The summed E-state index contributed by atoms with van der Waals surface area (Å²) in [6.45, 7) is 1.74. The van der Waals surface area contributed by atoms with Gasteiger partial charge >= 0.3 is 5.97 Å². The van der Waals surface area contributed by atoms with Gasteiger partial charge in [-0.15, -0.1) is 0 Å². The quantitative estimate of drug-likeness (QED) is 0.636. The van der Waals surface area contributed by atoms with Crippen molar-refractivity contribution in [3.63, 3.8) is 0 Å². The van der Waals surface area contributed by atoms with Crippen molar-refractivity contribution in [3.05, 3.63) is 27.9 Å². The first kappa shape index (κ1) is 13.3. The first-order valence-electron chi connectivity index (χ1n) is 6.07. The summed E-state index contributed by atoms with van der Waals surface area (Å²) in [7, 11) is 0. The van der Waals surface area contributed by atoms with Gasteiger partial charge in [-0.25, -0.2) is 4.98 Å². The second-order valence-corrected chi connectivity index (χ2v) is 4.81. The van der Waals surface area contributed by atoms with Gasteiger partial charge in [0.05, 0.1) is 10.8 Å².